The maximum atomic E-state index is 14.3. The van der Waals surface area contributed by atoms with Gasteiger partial charge in [0.1, 0.15) is 22.8 Å². The second-order valence-electron chi connectivity index (χ2n) is 9.94. The summed E-state index contributed by atoms with van der Waals surface area (Å²) >= 11 is 0. The third-order valence-corrected chi connectivity index (χ3v) is 7.47. The van der Waals surface area contributed by atoms with Gasteiger partial charge in [-0.2, -0.15) is 5.10 Å². The van der Waals surface area contributed by atoms with Gasteiger partial charge in [-0.3, -0.25) is 4.79 Å². The SMILES string of the molecule is Cc1cn2nc([C@@H]3CCCCN3C(=O)c3ccc4cccc(F)c4n3)cc2nc1N1C[C@@H](C=N)[C@@H](O)C1. The molecule has 0 unspecified atom stereocenters. The molecule has 4 aromatic rings. The quantitative estimate of drug-likeness (QED) is 0.414. The zero-order chi connectivity index (χ0) is 25.7. The number of para-hydroxylation sites is 1. The maximum Gasteiger partial charge on any atom is 0.273 e. The topological polar surface area (TPSA) is 111 Å². The Bertz CT molecular complexity index is 1520. The number of aliphatic hydroxyl groups is 1. The van der Waals surface area contributed by atoms with Crippen molar-refractivity contribution in [1.29, 1.82) is 5.41 Å². The first-order chi connectivity index (χ1) is 17.9. The molecule has 2 aliphatic heterocycles. The van der Waals surface area contributed by atoms with Crippen LogP contribution in [0.5, 0.6) is 0 Å². The number of anilines is 1. The van der Waals surface area contributed by atoms with Gasteiger partial charge in [0.2, 0.25) is 0 Å². The minimum atomic E-state index is -0.589. The molecule has 2 fully saturated rings. The van der Waals surface area contributed by atoms with Crippen molar-refractivity contribution in [3.8, 4) is 0 Å². The van der Waals surface area contributed by atoms with Gasteiger partial charge in [0, 0.05) is 55.0 Å². The van der Waals surface area contributed by atoms with Crippen molar-refractivity contribution in [3.05, 3.63) is 65.4 Å². The van der Waals surface area contributed by atoms with Gasteiger partial charge in [0.25, 0.3) is 5.91 Å². The molecule has 10 heteroatoms. The number of aliphatic hydroxyl groups excluding tert-OH is 1. The molecule has 3 aromatic heterocycles. The van der Waals surface area contributed by atoms with Crippen LogP contribution in [0.4, 0.5) is 10.2 Å². The van der Waals surface area contributed by atoms with Gasteiger partial charge in [-0.15, -0.1) is 0 Å². The van der Waals surface area contributed by atoms with Crippen LogP contribution in [0.1, 0.15) is 47.1 Å². The lowest BCUT2D eigenvalue weighted by Crippen LogP contribution is -2.39. The number of hydrogen-bond acceptors (Lipinski definition) is 7. The highest BCUT2D eigenvalue weighted by atomic mass is 19.1. The van der Waals surface area contributed by atoms with Crippen LogP contribution >= 0.6 is 0 Å². The number of rotatable bonds is 4. The van der Waals surface area contributed by atoms with Crippen LogP contribution in [0.2, 0.25) is 0 Å². The lowest BCUT2D eigenvalue weighted by Gasteiger charge is -2.34. The Hall–Kier alpha value is -3.92. The highest BCUT2D eigenvalue weighted by molar-refractivity contribution is 5.95. The molecule has 2 N–H and O–H groups in total. The van der Waals surface area contributed by atoms with E-state index in [1.807, 2.05) is 24.1 Å². The number of fused-ring (bicyclic) bond motifs is 2. The number of amides is 1. The lowest BCUT2D eigenvalue weighted by molar-refractivity contribution is 0.0600. The number of likely N-dealkylation sites (tertiary alicyclic amines) is 1. The van der Waals surface area contributed by atoms with Gasteiger partial charge in [0.05, 0.1) is 17.8 Å². The summed E-state index contributed by atoms with van der Waals surface area (Å²) in [5.74, 6) is -0.129. The first-order valence-corrected chi connectivity index (χ1v) is 12.6. The number of hydrogen-bond donors (Lipinski definition) is 2. The molecular formula is C27H28FN7O2. The Labute approximate surface area is 213 Å². The molecule has 2 saturated heterocycles. The highest BCUT2D eigenvalue weighted by Gasteiger charge is 2.33. The van der Waals surface area contributed by atoms with Crippen molar-refractivity contribution in [2.75, 3.05) is 24.5 Å². The maximum absolute atomic E-state index is 14.3. The third kappa shape index (κ3) is 4.11. The highest BCUT2D eigenvalue weighted by Crippen LogP contribution is 2.33. The van der Waals surface area contributed by atoms with Crippen LogP contribution in [0.25, 0.3) is 16.6 Å². The Morgan fingerprint density at radius 1 is 1.19 bits per heavy atom. The molecule has 0 bridgehead atoms. The number of aromatic nitrogens is 4. The summed E-state index contributed by atoms with van der Waals surface area (Å²) in [5.41, 5.74) is 2.74. The van der Waals surface area contributed by atoms with Crippen molar-refractivity contribution in [1.82, 2.24) is 24.5 Å². The van der Waals surface area contributed by atoms with Crippen LogP contribution in [-0.4, -0.2) is 67.4 Å². The average molecular weight is 502 g/mol. The number of piperidine rings is 1. The van der Waals surface area contributed by atoms with E-state index in [0.29, 0.717) is 30.7 Å². The minimum absolute atomic E-state index is 0.194. The Kier molecular flexibility index (Phi) is 5.83. The van der Waals surface area contributed by atoms with Crippen LogP contribution < -0.4 is 4.90 Å². The molecule has 1 amide bonds. The van der Waals surface area contributed by atoms with Crippen LogP contribution in [0.3, 0.4) is 0 Å². The number of β-amino-alcohol motifs (C(OH)–C–C–N with tert-alkyl or cyclic N) is 1. The van der Waals surface area contributed by atoms with Crippen LogP contribution in [-0.2, 0) is 0 Å². The molecule has 1 aromatic carbocycles. The predicted octanol–water partition coefficient (Wildman–Crippen LogP) is 3.54. The summed E-state index contributed by atoms with van der Waals surface area (Å²) < 4.78 is 16.1. The van der Waals surface area contributed by atoms with E-state index in [4.69, 9.17) is 15.5 Å². The van der Waals surface area contributed by atoms with Gasteiger partial charge in [-0.05, 0) is 38.3 Å². The molecule has 3 atom stereocenters. The van der Waals surface area contributed by atoms with E-state index in [1.165, 1.54) is 12.3 Å². The fourth-order valence-corrected chi connectivity index (χ4v) is 5.51. The fourth-order valence-electron chi connectivity index (χ4n) is 5.51. The zero-order valence-corrected chi connectivity index (χ0v) is 20.5. The van der Waals surface area contributed by atoms with Crippen LogP contribution in [0, 0.1) is 24.1 Å². The first-order valence-electron chi connectivity index (χ1n) is 12.6. The number of aryl methyl sites for hydroxylation is 1. The van der Waals surface area contributed by atoms with Gasteiger partial charge < -0.3 is 20.3 Å². The Morgan fingerprint density at radius 3 is 2.86 bits per heavy atom. The molecule has 190 valence electrons. The molecule has 2 aliphatic rings. The van der Waals surface area contributed by atoms with E-state index in [0.717, 1.165) is 36.3 Å². The summed E-state index contributed by atoms with van der Waals surface area (Å²) in [7, 11) is 0. The van der Waals surface area contributed by atoms with Crippen molar-refractivity contribution >= 4 is 34.5 Å². The zero-order valence-electron chi connectivity index (χ0n) is 20.5. The normalized spacial score (nSPS) is 22.2. The van der Waals surface area contributed by atoms with E-state index >= 15 is 0 Å². The summed E-state index contributed by atoms with van der Waals surface area (Å²) in [6, 6.07) is 9.81. The van der Waals surface area contributed by atoms with E-state index in [-0.39, 0.29) is 29.1 Å². The summed E-state index contributed by atoms with van der Waals surface area (Å²) in [6.07, 6.45) is 5.23. The van der Waals surface area contributed by atoms with Gasteiger partial charge in [0.15, 0.2) is 5.65 Å². The standard InChI is InChI=1S/C27H28FN7O2/c1-16-13-35-24(31-26(16)33-14-18(12-29)23(36)15-33)11-21(32-35)22-7-2-3-10-34(22)27(37)20-9-8-17-5-4-6-19(28)25(17)30-20/h4-6,8-9,11-13,18,22-23,29,36H,2-3,7,10,14-15H2,1H3/t18-,22+,23+/m1/s1. The average Bonchev–Trinajstić information content (AvgIpc) is 3.50. The number of pyridine rings is 1. The van der Waals surface area contributed by atoms with Crippen LogP contribution in [0.15, 0.2) is 42.6 Å². The van der Waals surface area contributed by atoms with Crippen molar-refractivity contribution in [2.24, 2.45) is 5.92 Å². The second kappa shape index (κ2) is 9.19. The Balaban J connectivity index is 1.32. The molecule has 0 saturated carbocycles. The van der Waals surface area contributed by atoms with E-state index in [9.17, 15) is 14.3 Å². The number of nitrogens with zero attached hydrogens (tertiary/aromatic N) is 6. The molecule has 6 rings (SSSR count). The summed E-state index contributed by atoms with van der Waals surface area (Å²) in [4.78, 5) is 26.6. The van der Waals surface area contributed by atoms with Crippen molar-refractivity contribution in [2.45, 2.75) is 38.3 Å². The molecule has 0 spiro atoms. The smallest absolute Gasteiger partial charge is 0.273 e. The van der Waals surface area contributed by atoms with Gasteiger partial charge in [-0.1, -0.05) is 18.2 Å². The number of carbonyl (C=O) groups excluding carboxylic acids is 1. The molecule has 9 nitrogen and oxygen atoms in total. The number of nitrogens with one attached hydrogen (secondary N) is 1. The van der Waals surface area contributed by atoms with Crippen molar-refractivity contribution < 1.29 is 14.3 Å². The lowest BCUT2D eigenvalue weighted by atomic mass is 9.98. The van der Waals surface area contributed by atoms with E-state index < -0.39 is 11.9 Å². The minimum Gasteiger partial charge on any atom is -0.391 e. The van der Waals surface area contributed by atoms with Crippen molar-refractivity contribution in [3.63, 3.8) is 0 Å². The fraction of sp³-hybridized carbons (Fsp3) is 0.370. The number of carbonyl (C=O) groups is 1. The Morgan fingerprint density at radius 2 is 2.05 bits per heavy atom. The molecule has 37 heavy (non-hydrogen) atoms. The van der Waals surface area contributed by atoms with E-state index in [1.54, 1.807) is 33.7 Å². The summed E-state index contributed by atoms with van der Waals surface area (Å²) in [5, 5.41) is 23.2. The second-order valence-corrected chi connectivity index (χ2v) is 9.94. The monoisotopic (exact) mass is 501 g/mol. The molecule has 0 radical (unpaired) electrons. The van der Waals surface area contributed by atoms with Gasteiger partial charge in [-0.25, -0.2) is 18.9 Å². The first kappa shape index (κ1) is 23.5. The molecular weight excluding hydrogens is 473 g/mol. The third-order valence-electron chi connectivity index (χ3n) is 7.47. The number of benzene rings is 1. The van der Waals surface area contributed by atoms with Gasteiger partial charge >= 0.3 is 0 Å². The largest absolute Gasteiger partial charge is 0.391 e. The molecule has 0 aliphatic carbocycles. The van der Waals surface area contributed by atoms with E-state index in [2.05, 4.69) is 4.98 Å². The predicted molar refractivity (Wildman–Crippen MR) is 138 cm³/mol. The molecule has 5 heterocycles. The number of halogens is 1. The summed E-state index contributed by atoms with van der Waals surface area (Å²) in [6.45, 7) is 3.49.